The molecule has 2 heterocycles. The molecule has 0 aliphatic rings. The van der Waals surface area contributed by atoms with Gasteiger partial charge in [0.2, 0.25) is 5.95 Å². The highest BCUT2D eigenvalue weighted by Crippen LogP contribution is 2.18. The standard InChI is InChI=1S/C17H18N6/c1-12-7-13(2)9-15(8-12)21-16-11-20-23-17(22-16)19-10-14-5-3-4-6-18-14/h3-9,11H,10H2,1-2H3,(H2,19,21,22,23). The summed E-state index contributed by atoms with van der Waals surface area (Å²) in [6, 6.07) is 12.0. The molecule has 0 bridgehead atoms. The van der Waals surface area contributed by atoms with Crippen molar-refractivity contribution in [3.05, 3.63) is 65.6 Å². The zero-order chi connectivity index (χ0) is 16.1. The third-order valence-corrected chi connectivity index (χ3v) is 3.21. The van der Waals surface area contributed by atoms with E-state index < -0.39 is 0 Å². The lowest BCUT2D eigenvalue weighted by Crippen LogP contribution is -2.07. The minimum Gasteiger partial charge on any atom is -0.347 e. The molecular weight excluding hydrogens is 288 g/mol. The summed E-state index contributed by atoms with van der Waals surface area (Å²) in [5.74, 6) is 1.11. The number of anilines is 3. The van der Waals surface area contributed by atoms with Gasteiger partial charge in [-0.05, 0) is 49.2 Å². The maximum atomic E-state index is 4.42. The van der Waals surface area contributed by atoms with E-state index >= 15 is 0 Å². The van der Waals surface area contributed by atoms with E-state index in [0.29, 0.717) is 18.3 Å². The topological polar surface area (TPSA) is 75.6 Å². The van der Waals surface area contributed by atoms with Crippen LogP contribution in [0.25, 0.3) is 0 Å². The van der Waals surface area contributed by atoms with Gasteiger partial charge in [-0.1, -0.05) is 12.1 Å². The first-order valence-corrected chi connectivity index (χ1v) is 7.38. The number of nitrogens with one attached hydrogen (secondary N) is 2. The van der Waals surface area contributed by atoms with Gasteiger partial charge in [-0.25, -0.2) is 0 Å². The van der Waals surface area contributed by atoms with Crippen LogP contribution < -0.4 is 10.6 Å². The van der Waals surface area contributed by atoms with Crippen molar-refractivity contribution in [2.24, 2.45) is 0 Å². The van der Waals surface area contributed by atoms with Crippen LogP contribution >= 0.6 is 0 Å². The van der Waals surface area contributed by atoms with Gasteiger partial charge in [0.05, 0.1) is 18.4 Å². The van der Waals surface area contributed by atoms with Crippen molar-refractivity contribution >= 4 is 17.5 Å². The molecule has 0 atom stereocenters. The monoisotopic (exact) mass is 306 g/mol. The van der Waals surface area contributed by atoms with Crippen LogP contribution in [0.5, 0.6) is 0 Å². The summed E-state index contributed by atoms with van der Waals surface area (Å²) in [7, 11) is 0. The summed E-state index contributed by atoms with van der Waals surface area (Å²) >= 11 is 0. The molecule has 0 amide bonds. The van der Waals surface area contributed by atoms with Crippen LogP contribution in [-0.2, 0) is 6.54 Å². The summed E-state index contributed by atoms with van der Waals surface area (Å²) in [6.45, 7) is 4.68. The molecule has 23 heavy (non-hydrogen) atoms. The van der Waals surface area contributed by atoms with Gasteiger partial charge < -0.3 is 10.6 Å². The van der Waals surface area contributed by atoms with Crippen LogP contribution in [0.2, 0.25) is 0 Å². The Morgan fingerprint density at radius 1 is 1.04 bits per heavy atom. The summed E-state index contributed by atoms with van der Waals surface area (Å²) in [4.78, 5) is 8.67. The van der Waals surface area contributed by atoms with Gasteiger partial charge in [0.15, 0.2) is 5.82 Å². The molecule has 0 spiro atoms. The Hall–Kier alpha value is -3.02. The Labute approximate surface area is 135 Å². The molecule has 0 saturated heterocycles. The molecule has 3 rings (SSSR count). The van der Waals surface area contributed by atoms with Crippen LogP contribution in [-0.4, -0.2) is 20.2 Å². The van der Waals surface area contributed by atoms with Crippen molar-refractivity contribution in [1.82, 2.24) is 20.2 Å². The van der Waals surface area contributed by atoms with Crippen LogP contribution in [0, 0.1) is 13.8 Å². The molecule has 0 fully saturated rings. The number of pyridine rings is 1. The zero-order valence-corrected chi connectivity index (χ0v) is 13.1. The van der Waals surface area contributed by atoms with Crippen LogP contribution in [0.3, 0.4) is 0 Å². The highest BCUT2D eigenvalue weighted by Gasteiger charge is 2.03. The predicted molar refractivity (Wildman–Crippen MR) is 90.6 cm³/mol. The first kappa shape index (κ1) is 14.9. The second-order valence-electron chi connectivity index (χ2n) is 5.34. The van der Waals surface area contributed by atoms with E-state index in [1.807, 2.05) is 18.2 Å². The number of benzene rings is 1. The first-order chi connectivity index (χ1) is 11.2. The Bertz CT molecular complexity index is 768. The van der Waals surface area contributed by atoms with E-state index in [-0.39, 0.29) is 0 Å². The van der Waals surface area contributed by atoms with Gasteiger partial charge in [0.1, 0.15) is 0 Å². The van der Waals surface area contributed by atoms with E-state index in [2.05, 4.69) is 62.8 Å². The van der Waals surface area contributed by atoms with Crippen LogP contribution in [0.1, 0.15) is 16.8 Å². The van der Waals surface area contributed by atoms with E-state index in [1.165, 1.54) is 11.1 Å². The van der Waals surface area contributed by atoms with Crippen molar-refractivity contribution < 1.29 is 0 Å². The van der Waals surface area contributed by atoms with Crippen molar-refractivity contribution in [2.45, 2.75) is 20.4 Å². The van der Waals surface area contributed by atoms with Gasteiger partial charge in [-0.2, -0.15) is 10.1 Å². The van der Waals surface area contributed by atoms with E-state index in [4.69, 9.17) is 0 Å². The summed E-state index contributed by atoms with van der Waals surface area (Å²) in [6.07, 6.45) is 3.36. The van der Waals surface area contributed by atoms with Crippen molar-refractivity contribution in [3.63, 3.8) is 0 Å². The van der Waals surface area contributed by atoms with Gasteiger partial charge in [-0.15, -0.1) is 5.10 Å². The molecule has 116 valence electrons. The second kappa shape index (κ2) is 6.83. The summed E-state index contributed by atoms with van der Waals surface area (Å²) in [5.41, 5.74) is 4.30. The zero-order valence-electron chi connectivity index (χ0n) is 13.1. The normalized spacial score (nSPS) is 10.3. The molecule has 6 heteroatoms. The maximum Gasteiger partial charge on any atom is 0.245 e. The molecule has 0 radical (unpaired) electrons. The van der Waals surface area contributed by atoms with Gasteiger partial charge >= 0.3 is 0 Å². The third-order valence-electron chi connectivity index (χ3n) is 3.21. The molecule has 1 aromatic carbocycles. The highest BCUT2D eigenvalue weighted by molar-refractivity contribution is 5.58. The number of aromatic nitrogens is 4. The quantitative estimate of drug-likeness (QED) is 0.753. The maximum absolute atomic E-state index is 4.42. The van der Waals surface area contributed by atoms with E-state index in [9.17, 15) is 0 Å². The lowest BCUT2D eigenvalue weighted by Gasteiger charge is -2.09. The number of rotatable bonds is 5. The Morgan fingerprint density at radius 2 is 1.87 bits per heavy atom. The van der Waals surface area contributed by atoms with Gasteiger partial charge in [-0.3, -0.25) is 4.98 Å². The average molecular weight is 306 g/mol. The molecule has 0 aliphatic carbocycles. The number of nitrogens with zero attached hydrogens (tertiary/aromatic N) is 4. The number of aryl methyl sites for hydroxylation is 2. The number of hydrogen-bond donors (Lipinski definition) is 2. The molecule has 0 unspecified atom stereocenters. The Kier molecular flexibility index (Phi) is 4.42. The van der Waals surface area contributed by atoms with Crippen LogP contribution in [0.15, 0.2) is 48.8 Å². The smallest absolute Gasteiger partial charge is 0.245 e. The molecule has 6 nitrogen and oxygen atoms in total. The lowest BCUT2D eigenvalue weighted by molar-refractivity contribution is 0.934. The molecule has 2 N–H and O–H groups in total. The Morgan fingerprint density at radius 3 is 2.61 bits per heavy atom. The first-order valence-electron chi connectivity index (χ1n) is 7.38. The third kappa shape index (κ3) is 4.23. The predicted octanol–water partition coefficient (Wildman–Crippen LogP) is 3.24. The fraction of sp³-hybridized carbons (Fsp3) is 0.176. The molecule has 3 aromatic rings. The Balaban J connectivity index is 1.69. The highest BCUT2D eigenvalue weighted by atomic mass is 15.3. The fourth-order valence-electron chi connectivity index (χ4n) is 2.31. The fourth-order valence-corrected chi connectivity index (χ4v) is 2.31. The van der Waals surface area contributed by atoms with Gasteiger partial charge in [0, 0.05) is 11.9 Å². The van der Waals surface area contributed by atoms with Crippen molar-refractivity contribution in [3.8, 4) is 0 Å². The largest absolute Gasteiger partial charge is 0.347 e. The van der Waals surface area contributed by atoms with Crippen molar-refractivity contribution in [2.75, 3.05) is 10.6 Å². The molecule has 0 saturated carbocycles. The minimum atomic E-state index is 0.463. The number of hydrogen-bond acceptors (Lipinski definition) is 6. The van der Waals surface area contributed by atoms with Crippen LogP contribution in [0.4, 0.5) is 17.5 Å². The average Bonchev–Trinajstić information content (AvgIpc) is 2.53. The lowest BCUT2D eigenvalue weighted by atomic mass is 10.1. The molecular formula is C17H18N6. The molecule has 2 aromatic heterocycles. The SMILES string of the molecule is Cc1cc(C)cc(Nc2cnnc(NCc3ccccn3)n2)c1. The second-order valence-corrected chi connectivity index (χ2v) is 5.34. The summed E-state index contributed by atoms with van der Waals surface area (Å²) in [5, 5.41) is 14.3. The van der Waals surface area contributed by atoms with E-state index in [1.54, 1.807) is 12.4 Å². The van der Waals surface area contributed by atoms with Gasteiger partial charge in [0.25, 0.3) is 0 Å². The van der Waals surface area contributed by atoms with Crippen molar-refractivity contribution in [1.29, 1.82) is 0 Å². The van der Waals surface area contributed by atoms with E-state index in [0.717, 1.165) is 11.4 Å². The summed E-state index contributed by atoms with van der Waals surface area (Å²) < 4.78 is 0. The molecule has 0 aliphatic heterocycles. The minimum absolute atomic E-state index is 0.463.